The summed E-state index contributed by atoms with van der Waals surface area (Å²) in [5, 5.41) is 8.27. The van der Waals surface area contributed by atoms with E-state index in [4.69, 9.17) is 4.74 Å². The lowest BCUT2D eigenvalue weighted by atomic mass is 10.1. The van der Waals surface area contributed by atoms with Gasteiger partial charge in [-0.05, 0) is 12.8 Å². The van der Waals surface area contributed by atoms with Crippen LogP contribution < -0.4 is 5.32 Å². The van der Waals surface area contributed by atoms with Crippen LogP contribution in [0.15, 0.2) is 22.5 Å². The molecule has 0 spiro atoms. The zero-order chi connectivity index (χ0) is 14.9. The monoisotopic (exact) mass is 299 g/mol. The third kappa shape index (κ3) is 2.45. The summed E-state index contributed by atoms with van der Waals surface area (Å²) in [7, 11) is 1.85. The smallest absolute Gasteiger partial charge is 0.163 e. The molecule has 1 fully saturated rings. The molecule has 8 heteroatoms. The number of anilines is 1. The third-order valence-electron chi connectivity index (χ3n) is 3.93. The minimum atomic E-state index is -0.0585. The number of aliphatic imine (C=N–C) groups is 2. The Morgan fingerprint density at radius 3 is 3.23 bits per heavy atom. The van der Waals surface area contributed by atoms with Gasteiger partial charge in [0.25, 0.3) is 0 Å². The highest BCUT2D eigenvalue weighted by molar-refractivity contribution is 6.36. The van der Waals surface area contributed by atoms with Crippen LogP contribution in [0, 0.1) is 0 Å². The van der Waals surface area contributed by atoms with Gasteiger partial charge in [0.2, 0.25) is 0 Å². The highest BCUT2D eigenvalue weighted by Crippen LogP contribution is 2.21. The number of rotatable bonds is 3. The second kappa shape index (κ2) is 5.45. The lowest BCUT2D eigenvalue weighted by Crippen LogP contribution is -2.15. The topological polar surface area (TPSA) is 89.6 Å². The van der Waals surface area contributed by atoms with Gasteiger partial charge in [-0.1, -0.05) is 0 Å². The lowest BCUT2D eigenvalue weighted by Gasteiger charge is -2.10. The molecule has 0 bridgehead atoms. The molecule has 2 aliphatic heterocycles. The van der Waals surface area contributed by atoms with Crippen LogP contribution in [0.3, 0.4) is 0 Å². The number of fused-ring (bicyclic) bond motifs is 1. The number of ether oxygens (including phenoxy) is 1. The Balaban J connectivity index is 1.50. The summed E-state index contributed by atoms with van der Waals surface area (Å²) in [5.41, 5.74) is 0.781. The molecule has 0 saturated carbocycles. The van der Waals surface area contributed by atoms with Gasteiger partial charge in [-0.15, -0.1) is 0 Å². The van der Waals surface area contributed by atoms with Crippen molar-refractivity contribution in [2.45, 2.75) is 31.5 Å². The van der Waals surface area contributed by atoms with Crippen molar-refractivity contribution in [3.63, 3.8) is 0 Å². The SMILES string of the molecule is Cn1ncc2c(NC3=NC(CC4CCCO4)N=C3)ncnc21. The van der Waals surface area contributed by atoms with E-state index in [0.717, 1.165) is 36.9 Å². The summed E-state index contributed by atoms with van der Waals surface area (Å²) in [6.07, 6.45) is 8.32. The highest BCUT2D eigenvalue weighted by atomic mass is 16.5. The third-order valence-corrected chi connectivity index (χ3v) is 3.93. The Kier molecular flexibility index (Phi) is 3.30. The van der Waals surface area contributed by atoms with Crippen molar-refractivity contribution < 1.29 is 4.74 Å². The van der Waals surface area contributed by atoms with Crippen LogP contribution in [0.2, 0.25) is 0 Å². The second-order valence-electron chi connectivity index (χ2n) is 5.50. The maximum Gasteiger partial charge on any atom is 0.163 e. The number of aryl methyl sites for hydroxylation is 1. The molecule has 1 saturated heterocycles. The van der Waals surface area contributed by atoms with Crippen molar-refractivity contribution >= 4 is 28.9 Å². The number of amidine groups is 1. The first-order chi connectivity index (χ1) is 10.8. The zero-order valence-electron chi connectivity index (χ0n) is 12.3. The van der Waals surface area contributed by atoms with Crippen LogP contribution in [0.5, 0.6) is 0 Å². The van der Waals surface area contributed by atoms with Gasteiger partial charge in [-0.25, -0.2) is 15.0 Å². The van der Waals surface area contributed by atoms with Gasteiger partial charge in [-0.3, -0.25) is 9.67 Å². The van der Waals surface area contributed by atoms with Gasteiger partial charge in [0.05, 0.1) is 23.9 Å². The number of hydrogen-bond acceptors (Lipinski definition) is 7. The predicted octanol–water partition coefficient (Wildman–Crippen LogP) is 1.15. The van der Waals surface area contributed by atoms with Crippen molar-refractivity contribution in [1.29, 1.82) is 0 Å². The molecule has 8 nitrogen and oxygen atoms in total. The molecule has 2 atom stereocenters. The van der Waals surface area contributed by atoms with Crippen LogP contribution in [-0.2, 0) is 11.8 Å². The molecule has 1 N–H and O–H groups in total. The molecule has 4 heterocycles. The van der Waals surface area contributed by atoms with Crippen LogP contribution >= 0.6 is 0 Å². The van der Waals surface area contributed by atoms with Gasteiger partial charge in [-0.2, -0.15) is 5.10 Å². The average molecular weight is 299 g/mol. The van der Waals surface area contributed by atoms with Gasteiger partial charge in [0.15, 0.2) is 5.65 Å². The Hall–Kier alpha value is -2.35. The van der Waals surface area contributed by atoms with Crippen molar-refractivity contribution in [2.24, 2.45) is 17.0 Å². The van der Waals surface area contributed by atoms with Crippen molar-refractivity contribution in [3.8, 4) is 0 Å². The van der Waals surface area contributed by atoms with Crippen molar-refractivity contribution in [1.82, 2.24) is 19.7 Å². The first-order valence-corrected chi connectivity index (χ1v) is 7.42. The molecule has 4 rings (SSSR count). The summed E-state index contributed by atoms with van der Waals surface area (Å²) >= 11 is 0. The van der Waals surface area contributed by atoms with E-state index < -0.39 is 0 Å². The van der Waals surface area contributed by atoms with E-state index in [0.29, 0.717) is 11.7 Å². The normalized spacial score (nSPS) is 24.1. The Morgan fingerprint density at radius 2 is 2.36 bits per heavy atom. The Labute approximate surface area is 127 Å². The van der Waals surface area contributed by atoms with Crippen molar-refractivity contribution in [2.75, 3.05) is 11.9 Å². The van der Waals surface area contributed by atoms with Gasteiger partial charge >= 0.3 is 0 Å². The molecule has 0 amide bonds. The molecule has 22 heavy (non-hydrogen) atoms. The fraction of sp³-hybridized carbons (Fsp3) is 0.500. The molecule has 0 radical (unpaired) electrons. The van der Waals surface area contributed by atoms with Crippen LogP contribution in [-0.4, -0.2) is 50.7 Å². The lowest BCUT2D eigenvalue weighted by molar-refractivity contribution is 0.0995. The van der Waals surface area contributed by atoms with E-state index >= 15 is 0 Å². The first kappa shape index (κ1) is 13.3. The Morgan fingerprint density at radius 1 is 1.41 bits per heavy atom. The highest BCUT2D eigenvalue weighted by Gasteiger charge is 2.22. The molecule has 114 valence electrons. The van der Waals surface area contributed by atoms with Crippen LogP contribution in [0.1, 0.15) is 19.3 Å². The molecule has 2 aliphatic rings. The fourth-order valence-corrected chi connectivity index (χ4v) is 2.81. The first-order valence-electron chi connectivity index (χ1n) is 7.42. The standard InChI is InChI=1S/C14H17N7O/c1-21-14-10(6-18-21)13(16-8-17-14)20-12-7-15-11(19-12)5-9-3-2-4-22-9/h6-9,11H,2-5H2,1H3,(H,16,17,19,20). The van der Waals surface area contributed by atoms with E-state index in [9.17, 15) is 0 Å². The quantitative estimate of drug-likeness (QED) is 0.918. The van der Waals surface area contributed by atoms with E-state index in [-0.39, 0.29) is 12.3 Å². The molecular weight excluding hydrogens is 282 g/mol. The van der Waals surface area contributed by atoms with E-state index in [1.165, 1.54) is 6.33 Å². The van der Waals surface area contributed by atoms with Crippen LogP contribution in [0.4, 0.5) is 5.82 Å². The van der Waals surface area contributed by atoms with E-state index in [1.54, 1.807) is 17.1 Å². The summed E-state index contributed by atoms with van der Waals surface area (Å²) in [4.78, 5) is 17.5. The zero-order valence-corrected chi connectivity index (χ0v) is 12.3. The maximum atomic E-state index is 5.63. The molecule has 2 unspecified atom stereocenters. The number of nitrogens with zero attached hydrogens (tertiary/aromatic N) is 6. The van der Waals surface area contributed by atoms with Gasteiger partial charge in [0, 0.05) is 20.1 Å². The van der Waals surface area contributed by atoms with Gasteiger partial charge in [0.1, 0.15) is 24.1 Å². The fourth-order valence-electron chi connectivity index (χ4n) is 2.81. The Bertz CT molecular complexity index is 745. The minimum absolute atomic E-state index is 0.0585. The molecular formula is C14H17N7O. The molecule has 0 aromatic carbocycles. The average Bonchev–Trinajstić information content (AvgIpc) is 3.24. The largest absolute Gasteiger partial charge is 0.378 e. The molecule has 2 aromatic heterocycles. The summed E-state index contributed by atoms with van der Waals surface area (Å²) in [6.45, 7) is 0.857. The number of aromatic nitrogens is 4. The maximum absolute atomic E-state index is 5.63. The van der Waals surface area contributed by atoms with Crippen LogP contribution in [0.25, 0.3) is 11.0 Å². The minimum Gasteiger partial charge on any atom is -0.378 e. The predicted molar refractivity (Wildman–Crippen MR) is 83.2 cm³/mol. The second-order valence-corrected chi connectivity index (χ2v) is 5.50. The van der Waals surface area contributed by atoms with Gasteiger partial charge < -0.3 is 10.1 Å². The number of hydrogen-bond donors (Lipinski definition) is 1. The van der Waals surface area contributed by atoms with E-state index in [1.807, 2.05) is 7.05 Å². The number of nitrogens with one attached hydrogen (secondary N) is 1. The van der Waals surface area contributed by atoms with Crippen molar-refractivity contribution in [3.05, 3.63) is 12.5 Å². The summed E-state index contributed by atoms with van der Waals surface area (Å²) in [5.74, 6) is 1.41. The summed E-state index contributed by atoms with van der Waals surface area (Å²) < 4.78 is 7.35. The summed E-state index contributed by atoms with van der Waals surface area (Å²) in [6, 6.07) is 0. The molecule has 2 aromatic rings. The van der Waals surface area contributed by atoms with E-state index in [2.05, 4.69) is 30.4 Å². The molecule has 0 aliphatic carbocycles.